The van der Waals surface area contributed by atoms with Crippen molar-refractivity contribution in [2.75, 3.05) is 113 Å². The highest BCUT2D eigenvalue weighted by molar-refractivity contribution is 5.70. The molecule has 0 aliphatic heterocycles. The van der Waals surface area contributed by atoms with E-state index in [1.807, 2.05) is 0 Å². The van der Waals surface area contributed by atoms with Gasteiger partial charge >= 0.3 is 5.97 Å². The number of methoxy groups -OCH3 is 1. The van der Waals surface area contributed by atoms with Gasteiger partial charge in [-0.3, -0.25) is 0 Å². The monoisotopic (exact) mass is 496 g/mol. The minimum atomic E-state index is -0.400. The van der Waals surface area contributed by atoms with Gasteiger partial charge in [-0.05, 0) is 6.42 Å². The Bertz CT molecular complexity index is 398. The molecule has 0 spiro atoms. The molecular weight excluding hydrogens is 448 g/mol. The van der Waals surface area contributed by atoms with Crippen molar-refractivity contribution in [3.63, 3.8) is 0 Å². The van der Waals surface area contributed by atoms with Gasteiger partial charge in [0, 0.05) is 6.61 Å². The molecule has 0 aromatic rings. The zero-order chi connectivity index (χ0) is 24.8. The van der Waals surface area contributed by atoms with Gasteiger partial charge in [0.1, 0.15) is 6.61 Å². The number of esters is 1. The second kappa shape index (κ2) is 30.2. The molecule has 0 unspecified atom stereocenters. The molecule has 10 heteroatoms. The Hall–Kier alpha value is -0.850. The van der Waals surface area contributed by atoms with E-state index in [4.69, 9.17) is 37.9 Å². The maximum absolute atomic E-state index is 10.8. The third-order valence-electron chi connectivity index (χ3n) is 4.44. The van der Waals surface area contributed by atoms with Crippen molar-refractivity contribution in [1.29, 1.82) is 0 Å². The standard InChI is InChI=1S/C24H48O10/c1-3-4-5-6-7-8-27-9-10-28-11-12-29-13-14-30-15-16-31-17-18-32-19-20-33-21-22-34-23-24(25)26-2/h3-23H2,1-2H3. The lowest BCUT2D eigenvalue weighted by atomic mass is 10.2. The number of hydrogen-bond donors (Lipinski definition) is 0. The summed E-state index contributed by atoms with van der Waals surface area (Å²) in [5, 5.41) is 0. The van der Waals surface area contributed by atoms with Gasteiger partial charge in [0.25, 0.3) is 0 Å². The van der Waals surface area contributed by atoms with Crippen LogP contribution in [0.15, 0.2) is 0 Å². The van der Waals surface area contributed by atoms with E-state index >= 15 is 0 Å². The zero-order valence-corrected chi connectivity index (χ0v) is 21.4. The van der Waals surface area contributed by atoms with Gasteiger partial charge in [-0.2, -0.15) is 0 Å². The molecule has 10 nitrogen and oxygen atoms in total. The smallest absolute Gasteiger partial charge is 0.331 e. The van der Waals surface area contributed by atoms with Crippen LogP contribution in [0.5, 0.6) is 0 Å². The van der Waals surface area contributed by atoms with E-state index in [0.717, 1.165) is 13.0 Å². The van der Waals surface area contributed by atoms with Gasteiger partial charge < -0.3 is 42.6 Å². The predicted octanol–water partition coefficient (Wildman–Crippen LogP) is 2.26. The number of unbranched alkanes of at least 4 members (excludes halogenated alkanes) is 4. The topological polar surface area (TPSA) is 100 Å². The largest absolute Gasteiger partial charge is 0.467 e. The van der Waals surface area contributed by atoms with Crippen molar-refractivity contribution in [3.8, 4) is 0 Å². The fraction of sp³-hybridized carbons (Fsp3) is 0.958. The van der Waals surface area contributed by atoms with Crippen LogP contribution in [-0.4, -0.2) is 119 Å². The predicted molar refractivity (Wildman–Crippen MR) is 127 cm³/mol. The zero-order valence-electron chi connectivity index (χ0n) is 21.4. The second-order valence-corrected chi connectivity index (χ2v) is 7.33. The van der Waals surface area contributed by atoms with Crippen LogP contribution < -0.4 is 0 Å². The molecule has 34 heavy (non-hydrogen) atoms. The third-order valence-corrected chi connectivity index (χ3v) is 4.44. The SMILES string of the molecule is CCCCCCCOCCOCCOCCOCCOCCOCCOCCOCC(=O)OC. The molecule has 0 saturated heterocycles. The van der Waals surface area contributed by atoms with Crippen molar-refractivity contribution >= 4 is 5.97 Å². The molecule has 0 fully saturated rings. The van der Waals surface area contributed by atoms with Crippen LogP contribution in [0.4, 0.5) is 0 Å². The molecule has 0 aromatic heterocycles. The summed E-state index contributed by atoms with van der Waals surface area (Å²) in [7, 11) is 1.32. The van der Waals surface area contributed by atoms with Crippen molar-refractivity contribution in [3.05, 3.63) is 0 Å². The quantitative estimate of drug-likeness (QED) is 0.113. The summed E-state index contributed by atoms with van der Waals surface area (Å²) in [5.41, 5.74) is 0. The van der Waals surface area contributed by atoms with Crippen LogP contribution in [-0.2, 0) is 47.4 Å². The third kappa shape index (κ3) is 29.2. The average molecular weight is 497 g/mol. The van der Waals surface area contributed by atoms with Crippen molar-refractivity contribution < 1.29 is 47.4 Å². The number of carbonyl (C=O) groups excluding carboxylic acids is 1. The van der Waals surface area contributed by atoms with Crippen molar-refractivity contribution in [2.24, 2.45) is 0 Å². The summed E-state index contributed by atoms with van der Waals surface area (Å²) in [6, 6.07) is 0. The van der Waals surface area contributed by atoms with Crippen LogP contribution in [0.25, 0.3) is 0 Å². The molecule has 0 aliphatic rings. The molecule has 0 N–H and O–H groups in total. The highest BCUT2D eigenvalue weighted by Gasteiger charge is 1.99. The summed E-state index contributed by atoms with van der Waals surface area (Å²) < 4.78 is 47.5. The first kappa shape index (κ1) is 33.1. The van der Waals surface area contributed by atoms with E-state index < -0.39 is 5.97 Å². The summed E-state index contributed by atoms with van der Waals surface area (Å²) in [5.74, 6) is -0.400. The molecular formula is C24H48O10. The Balaban J connectivity index is 3.02. The molecule has 204 valence electrons. The Kier molecular flexibility index (Phi) is 29.4. The minimum absolute atomic E-state index is 0.0605. The van der Waals surface area contributed by atoms with E-state index in [0.29, 0.717) is 92.5 Å². The van der Waals surface area contributed by atoms with Gasteiger partial charge in [-0.1, -0.05) is 32.6 Å². The van der Waals surface area contributed by atoms with Crippen LogP contribution in [0.3, 0.4) is 0 Å². The van der Waals surface area contributed by atoms with E-state index in [1.54, 1.807) is 0 Å². The second-order valence-electron chi connectivity index (χ2n) is 7.33. The first-order valence-corrected chi connectivity index (χ1v) is 12.5. The molecule has 0 saturated carbocycles. The van der Waals surface area contributed by atoms with Gasteiger partial charge in [-0.25, -0.2) is 4.79 Å². The molecule has 0 aliphatic carbocycles. The van der Waals surface area contributed by atoms with Gasteiger partial charge in [0.2, 0.25) is 0 Å². The van der Waals surface area contributed by atoms with Crippen LogP contribution in [0.2, 0.25) is 0 Å². The first-order chi connectivity index (χ1) is 16.8. The first-order valence-electron chi connectivity index (χ1n) is 12.5. The Labute approximate surface area is 205 Å². The molecule has 0 atom stereocenters. The molecule has 0 bridgehead atoms. The lowest BCUT2D eigenvalue weighted by Crippen LogP contribution is -2.16. The Morgan fingerprint density at radius 3 is 1.12 bits per heavy atom. The highest BCUT2D eigenvalue weighted by Crippen LogP contribution is 2.02. The lowest BCUT2D eigenvalue weighted by molar-refractivity contribution is -0.146. The molecule has 0 rings (SSSR count). The lowest BCUT2D eigenvalue weighted by Gasteiger charge is -2.08. The van der Waals surface area contributed by atoms with Crippen molar-refractivity contribution in [1.82, 2.24) is 0 Å². The number of ether oxygens (including phenoxy) is 9. The van der Waals surface area contributed by atoms with Gasteiger partial charge in [0.05, 0.1) is 99.6 Å². The van der Waals surface area contributed by atoms with E-state index in [1.165, 1.54) is 32.8 Å². The minimum Gasteiger partial charge on any atom is -0.467 e. The summed E-state index contributed by atoms with van der Waals surface area (Å²) in [6.45, 7) is 10.1. The van der Waals surface area contributed by atoms with Crippen LogP contribution in [0.1, 0.15) is 39.0 Å². The van der Waals surface area contributed by atoms with Gasteiger partial charge in [0.15, 0.2) is 0 Å². The molecule has 0 amide bonds. The van der Waals surface area contributed by atoms with Crippen LogP contribution in [0, 0.1) is 0 Å². The Morgan fingerprint density at radius 1 is 0.441 bits per heavy atom. The fourth-order valence-electron chi connectivity index (χ4n) is 2.56. The van der Waals surface area contributed by atoms with E-state index in [-0.39, 0.29) is 6.61 Å². The van der Waals surface area contributed by atoms with Gasteiger partial charge in [-0.15, -0.1) is 0 Å². The summed E-state index contributed by atoms with van der Waals surface area (Å²) in [4.78, 5) is 10.8. The maximum atomic E-state index is 10.8. The number of carbonyl (C=O) groups is 1. The molecule has 0 radical (unpaired) electrons. The normalized spacial score (nSPS) is 11.2. The van der Waals surface area contributed by atoms with Crippen LogP contribution >= 0.6 is 0 Å². The van der Waals surface area contributed by atoms with Crippen molar-refractivity contribution in [2.45, 2.75) is 39.0 Å². The fourth-order valence-corrected chi connectivity index (χ4v) is 2.56. The Morgan fingerprint density at radius 2 is 0.765 bits per heavy atom. The average Bonchev–Trinajstić information content (AvgIpc) is 2.85. The van der Waals surface area contributed by atoms with E-state index in [9.17, 15) is 4.79 Å². The van der Waals surface area contributed by atoms with E-state index in [2.05, 4.69) is 11.7 Å². The molecule has 0 aromatic carbocycles. The summed E-state index contributed by atoms with van der Waals surface area (Å²) in [6.07, 6.45) is 6.28. The highest BCUT2D eigenvalue weighted by atomic mass is 16.6. The number of hydrogen-bond acceptors (Lipinski definition) is 10. The maximum Gasteiger partial charge on any atom is 0.331 e. The molecule has 0 heterocycles. The summed E-state index contributed by atoms with van der Waals surface area (Å²) >= 11 is 0. The number of rotatable bonds is 29.